The van der Waals surface area contributed by atoms with Crippen LogP contribution in [0.5, 0.6) is 0 Å². The second-order valence-electron chi connectivity index (χ2n) is 10.8. The average molecular weight is 470 g/mol. The summed E-state index contributed by atoms with van der Waals surface area (Å²) in [5, 5.41) is 0. The third-order valence-corrected chi connectivity index (χ3v) is 8.18. The molecule has 2 aromatic rings. The highest BCUT2D eigenvalue weighted by Crippen LogP contribution is 2.55. The molecule has 0 N–H and O–H groups in total. The molecule has 6 heteroatoms. The Hall–Kier alpha value is -2.34. The van der Waals surface area contributed by atoms with Crippen molar-refractivity contribution in [3.05, 3.63) is 59.2 Å². The first kappa shape index (κ1) is 23.8. The standard InChI is InChI=1S/C27H35NO4S/c1-19-14-21(16-22(15-19)33(5,30)31)28-12-10-27(11-13-28)18-20-8-6-7-9-23(20)24(27)17-25(29)32-26(2,3)4/h6-9,14-16,24H,10-13,17-18H2,1-5H3/t24-/m1/s1. The minimum absolute atomic E-state index is 0.0284. The lowest BCUT2D eigenvalue weighted by atomic mass is 9.68. The van der Waals surface area contributed by atoms with Crippen LogP contribution in [0.15, 0.2) is 47.4 Å². The zero-order valence-electron chi connectivity index (χ0n) is 20.3. The van der Waals surface area contributed by atoms with Crippen molar-refractivity contribution in [2.45, 2.75) is 69.8 Å². The van der Waals surface area contributed by atoms with Gasteiger partial charge in [-0.2, -0.15) is 0 Å². The van der Waals surface area contributed by atoms with Crippen molar-refractivity contribution in [1.82, 2.24) is 0 Å². The third-order valence-electron chi connectivity index (χ3n) is 7.09. The molecular weight excluding hydrogens is 434 g/mol. The maximum atomic E-state index is 12.8. The van der Waals surface area contributed by atoms with Crippen LogP contribution in [0.2, 0.25) is 0 Å². The molecule has 1 fully saturated rings. The van der Waals surface area contributed by atoms with E-state index >= 15 is 0 Å². The summed E-state index contributed by atoms with van der Waals surface area (Å²) in [5.41, 5.74) is 4.07. The number of piperidine rings is 1. The van der Waals surface area contributed by atoms with Crippen LogP contribution in [0.3, 0.4) is 0 Å². The molecule has 5 nitrogen and oxygen atoms in total. The number of sulfone groups is 1. The molecule has 2 aliphatic rings. The van der Waals surface area contributed by atoms with Gasteiger partial charge < -0.3 is 9.64 Å². The number of esters is 1. The zero-order valence-corrected chi connectivity index (χ0v) is 21.2. The average Bonchev–Trinajstić information content (AvgIpc) is 2.99. The van der Waals surface area contributed by atoms with Crippen LogP contribution in [0.1, 0.15) is 62.6 Å². The summed E-state index contributed by atoms with van der Waals surface area (Å²) in [6.07, 6.45) is 4.55. The van der Waals surface area contributed by atoms with E-state index in [4.69, 9.17) is 4.74 Å². The summed E-state index contributed by atoms with van der Waals surface area (Å²) in [4.78, 5) is 15.5. The number of hydrogen-bond donors (Lipinski definition) is 0. The van der Waals surface area contributed by atoms with E-state index in [1.54, 1.807) is 12.1 Å². The van der Waals surface area contributed by atoms with E-state index in [0.717, 1.165) is 43.6 Å². The smallest absolute Gasteiger partial charge is 0.306 e. The summed E-state index contributed by atoms with van der Waals surface area (Å²) in [7, 11) is -3.26. The highest BCUT2D eigenvalue weighted by atomic mass is 32.2. The van der Waals surface area contributed by atoms with Crippen LogP contribution in [0.25, 0.3) is 0 Å². The Balaban J connectivity index is 1.57. The highest BCUT2D eigenvalue weighted by molar-refractivity contribution is 7.90. The van der Waals surface area contributed by atoms with Gasteiger partial charge in [-0.3, -0.25) is 4.79 Å². The van der Waals surface area contributed by atoms with E-state index in [0.29, 0.717) is 11.3 Å². The molecule has 1 aliphatic carbocycles. The molecule has 0 unspecified atom stereocenters. The quantitative estimate of drug-likeness (QED) is 0.586. The summed E-state index contributed by atoms with van der Waals surface area (Å²) in [6, 6.07) is 14.1. The Morgan fingerprint density at radius 2 is 1.79 bits per heavy atom. The van der Waals surface area contributed by atoms with Crippen LogP contribution in [0.4, 0.5) is 5.69 Å². The first-order valence-corrected chi connectivity index (χ1v) is 13.6. The second-order valence-corrected chi connectivity index (χ2v) is 12.9. The van der Waals surface area contributed by atoms with Crippen LogP contribution in [-0.4, -0.2) is 39.3 Å². The molecule has 0 bridgehead atoms. The van der Waals surface area contributed by atoms with Crippen molar-refractivity contribution >= 4 is 21.5 Å². The van der Waals surface area contributed by atoms with Crippen molar-refractivity contribution in [1.29, 1.82) is 0 Å². The monoisotopic (exact) mass is 469 g/mol. The number of carbonyl (C=O) groups excluding carboxylic acids is 1. The SMILES string of the molecule is Cc1cc(N2CCC3(CC2)Cc2ccccc2[C@H]3CC(=O)OC(C)(C)C)cc(S(C)(=O)=O)c1. The molecule has 1 heterocycles. The number of rotatable bonds is 4. The Morgan fingerprint density at radius 1 is 1.12 bits per heavy atom. The van der Waals surface area contributed by atoms with Crippen molar-refractivity contribution < 1.29 is 17.9 Å². The van der Waals surface area contributed by atoms with Crippen molar-refractivity contribution in [3.63, 3.8) is 0 Å². The fourth-order valence-corrected chi connectivity index (χ4v) is 6.34. The summed E-state index contributed by atoms with van der Waals surface area (Å²) in [5.74, 6) is 0.0114. The number of fused-ring (bicyclic) bond motifs is 1. The molecule has 33 heavy (non-hydrogen) atoms. The lowest BCUT2D eigenvalue weighted by molar-refractivity contribution is -0.156. The zero-order chi connectivity index (χ0) is 24.0. The second kappa shape index (κ2) is 8.46. The Morgan fingerprint density at radius 3 is 2.42 bits per heavy atom. The van der Waals surface area contributed by atoms with E-state index in [1.165, 1.54) is 17.4 Å². The first-order valence-electron chi connectivity index (χ1n) is 11.7. The lowest BCUT2D eigenvalue weighted by Crippen LogP contribution is -2.43. The number of nitrogens with zero attached hydrogens (tertiary/aromatic N) is 1. The largest absolute Gasteiger partial charge is 0.460 e. The number of carbonyl (C=O) groups is 1. The van der Waals surface area contributed by atoms with Gasteiger partial charge in [0.15, 0.2) is 9.84 Å². The summed E-state index contributed by atoms with van der Waals surface area (Å²) < 4.78 is 30.0. The van der Waals surface area contributed by atoms with Crippen molar-refractivity contribution in [2.24, 2.45) is 5.41 Å². The predicted octanol–water partition coefficient (Wildman–Crippen LogP) is 5.06. The molecule has 1 aliphatic heterocycles. The number of hydrogen-bond acceptors (Lipinski definition) is 5. The van der Waals surface area contributed by atoms with Crippen molar-refractivity contribution in [2.75, 3.05) is 24.2 Å². The van der Waals surface area contributed by atoms with E-state index < -0.39 is 15.4 Å². The molecule has 1 saturated heterocycles. The van der Waals surface area contributed by atoms with Crippen molar-refractivity contribution in [3.8, 4) is 0 Å². The first-order chi connectivity index (χ1) is 15.4. The van der Waals surface area contributed by atoms with Crippen LogP contribution in [0, 0.1) is 12.3 Å². The minimum Gasteiger partial charge on any atom is -0.460 e. The molecule has 4 rings (SSSR count). The molecule has 2 aromatic carbocycles. The number of ether oxygens (including phenoxy) is 1. The lowest BCUT2D eigenvalue weighted by Gasteiger charge is -2.44. The van der Waals surface area contributed by atoms with E-state index in [-0.39, 0.29) is 17.3 Å². The van der Waals surface area contributed by atoms with E-state index in [9.17, 15) is 13.2 Å². The van der Waals surface area contributed by atoms with Gasteiger partial charge in [-0.1, -0.05) is 24.3 Å². The Kier molecular flexibility index (Phi) is 6.10. The molecule has 0 radical (unpaired) electrons. The number of anilines is 1. The molecule has 178 valence electrons. The van der Waals surface area contributed by atoms with Crippen LogP contribution >= 0.6 is 0 Å². The van der Waals surface area contributed by atoms with Gasteiger partial charge in [-0.25, -0.2) is 8.42 Å². The Labute approximate surface area is 198 Å². The van der Waals surface area contributed by atoms with E-state index in [1.807, 2.05) is 27.7 Å². The fraction of sp³-hybridized carbons (Fsp3) is 0.519. The van der Waals surface area contributed by atoms with Gasteiger partial charge in [0.2, 0.25) is 0 Å². The maximum Gasteiger partial charge on any atom is 0.306 e. The third kappa shape index (κ3) is 5.11. The molecule has 0 amide bonds. The topological polar surface area (TPSA) is 63.7 Å². The normalized spacial score (nSPS) is 20.0. The number of benzene rings is 2. The molecule has 1 atom stereocenters. The van der Waals surface area contributed by atoms with Crippen LogP contribution < -0.4 is 4.90 Å². The number of aryl methyl sites for hydroxylation is 1. The molecular formula is C27H35NO4S. The predicted molar refractivity (Wildman–Crippen MR) is 132 cm³/mol. The molecule has 0 saturated carbocycles. The van der Waals surface area contributed by atoms with E-state index in [2.05, 4.69) is 35.2 Å². The van der Waals surface area contributed by atoms with Crippen LogP contribution in [-0.2, 0) is 25.8 Å². The highest BCUT2D eigenvalue weighted by Gasteiger charge is 2.48. The molecule has 1 spiro atoms. The summed E-state index contributed by atoms with van der Waals surface area (Å²) in [6.45, 7) is 9.35. The Bertz CT molecular complexity index is 1150. The van der Waals surface area contributed by atoms with Gasteiger partial charge in [0.05, 0.1) is 11.3 Å². The van der Waals surface area contributed by atoms with Gasteiger partial charge >= 0.3 is 5.97 Å². The fourth-order valence-electron chi connectivity index (χ4n) is 5.60. The van der Waals surface area contributed by atoms with Gasteiger partial charge in [0.25, 0.3) is 0 Å². The maximum absolute atomic E-state index is 12.8. The minimum atomic E-state index is -3.26. The molecule has 0 aromatic heterocycles. The summed E-state index contributed by atoms with van der Waals surface area (Å²) >= 11 is 0. The van der Waals surface area contributed by atoms with Gasteiger partial charge in [-0.05, 0) is 87.3 Å². The van der Waals surface area contributed by atoms with Gasteiger partial charge in [0.1, 0.15) is 5.60 Å². The van der Waals surface area contributed by atoms with Gasteiger partial charge in [0, 0.05) is 31.0 Å². The van der Waals surface area contributed by atoms with Gasteiger partial charge in [-0.15, -0.1) is 0 Å².